The lowest BCUT2D eigenvalue weighted by Crippen LogP contribution is -1.85. The van der Waals surface area contributed by atoms with Crippen LogP contribution in [0.1, 0.15) is 38.5 Å². The Morgan fingerprint density at radius 2 is 1.91 bits per heavy atom. The number of hydrogen-bond acceptors (Lipinski definition) is 1. The largest absolute Gasteiger partial charge is 0.281 e. The fourth-order valence-electron chi connectivity index (χ4n) is 0.845. The van der Waals surface area contributed by atoms with Gasteiger partial charge in [0.05, 0.1) is 0 Å². The van der Waals surface area contributed by atoms with Crippen LogP contribution in [0, 0.1) is 12.3 Å². The van der Waals surface area contributed by atoms with Crippen molar-refractivity contribution in [2.75, 3.05) is 0 Å². The zero-order chi connectivity index (χ0) is 8.53. The second-order valence-corrected chi connectivity index (χ2v) is 2.90. The van der Waals surface area contributed by atoms with Crippen molar-refractivity contribution in [3.63, 3.8) is 0 Å². The van der Waals surface area contributed by atoms with E-state index in [1.54, 1.807) is 0 Å². The molecule has 0 aromatic carbocycles. The van der Waals surface area contributed by atoms with Crippen molar-refractivity contribution < 1.29 is 4.79 Å². The molecule has 0 aromatic heterocycles. The Labute approximate surface area is 73.1 Å². The van der Waals surface area contributed by atoms with Crippen LogP contribution < -0.4 is 0 Å². The lowest BCUT2D eigenvalue weighted by molar-refractivity contribution is -0.111. The fourth-order valence-corrected chi connectivity index (χ4v) is 0.978. The molecule has 0 aliphatic carbocycles. The molecule has 0 aromatic rings. The third-order valence-corrected chi connectivity index (χ3v) is 1.63. The molecule has 0 saturated carbocycles. The number of carbonyl (C=O) groups excluding carboxylic acids is 1. The maximum absolute atomic E-state index is 10.3. The molecule has 0 aliphatic rings. The summed E-state index contributed by atoms with van der Waals surface area (Å²) in [5, 5.41) is -0.234. The number of halogens is 1. The third-order valence-electron chi connectivity index (χ3n) is 1.44. The highest BCUT2D eigenvalue weighted by Gasteiger charge is 1.94. The summed E-state index contributed by atoms with van der Waals surface area (Å²) in [6.45, 7) is 0. The Kier molecular flexibility index (Phi) is 7.29. The molecule has 0 radical (unpaired) electrons. The van der Waals surface area contributed by atoms with Gasteiger partial charge in [0.25, 0.3) is 0 Å². The maximum Gasteiger partial charge on any atom is 0.221 e. The van der Waals surface area contributed by atoms with Gasteiger partial charge in [-0.3, -0.25) is 4.79 Å². The summed E-state index contributed by atoms with van der Waals surface area (Å²) in [6.07, 6.45) is 10.5. The lowest BCUT2D eigenvalue weighted by atomic mass is 10.1. The van der Waals surface area contributed by atoms with Crippen LogP contribution in [-0.2, 0) is 4.79 Å². The number of hydrogen-bond donors (Lipinski definition) is 0. The summed E-state index contributed by atoms with van der Waals surface area (Å²) in [7, 11) is 0. The van der Waals surface area contributed by atoms with Crippen LogP contribution in [0.4, 0.5) is 0 Å². The molecule has 0 amide bonds. The van der Waals surface area contributed by atoms with Gasteiger partial charge in [-0.1, -0.05) is 12.8 Å². The van der Waals surface area contributed by atoms with E-state index in [-0.39, 0.29) is 5.24 Å². The predicted octanol–water partition coefficient (Wildman–Crippen LogP) is 2.73. The minimum absolute atomic E-state index is 0.234. The molecular weight excluding hydrogens is 160 g/mol. The van der Waals surface area contributed by atoms with Crippen molar-refractivity contribution in [1.82, 2.24) is 0 Å². The second-order valence-electron chi connectivity index (χ2n) is 2.47. The molecule has 0 fully saturated rings. The van der Waals surface area contributed by atoms with Gasteiger partial charge in [0.15, 0.2) is 0 Å². The first-order chi connectivity index (χ1) is 5.27. The molecule has 0 N–H and O–H groups in total. The van der Waals surface area contributed by atoms with E-state index in [9.17, 15) is 4.79 Å². The van der Waals surface area contributed by atoms with E-state index in [2.05, 4.69) is 5.92 Å². The zero-order valence-electron chi connectivity index (χ0n) is 6.61. The molecule has 11 heavy (non-hydrogen) atoms. The number of unbranched alkanes of at least 4 members (excludes halogenated alkanes) is 4. The van der Waals surface area contributed by atoms with Gasteiger partial charge in [-0.15, -0.1) is 12.3 Å². The molecule has 2 heteroatoms. The van der Waals surface area contributed by atoms with Crippen molar-refractivity contribution in [1.29, 1.82) is 0 Å². The maximum atomic E-state index is 10.3. The minimum Gasteiger partial charge on any atom is -0.281 e. The average Bonchev–Trinajstić information content (AvgIpc) is 1.96. The van der Waals surface area contributed by atoms with E-state index in [4.69, 9.17) is 18.0 Å². The summed E-state index contributed by atoms with van der Waals surface area (Å²) in [5.41, 5.74) is 0. The Morgan fingerprint density at radius 3 is 2.45 bits per heavy atom. The smallest absolute Gasteiger partial charge is 0.221 e. The molecule has 62 valence electrons. The first kappa shape index (κ1) is 10.5. The first-order valence-corrected chi connectivity index (χ1v) is 4.27. The Morgan fingerprint density at radius 1 is 1.27 bits per heavy atom. The van der Waals surface area contributed by atoms with Crippen LogP contribution in [0.25, 0.3) is 0 Å². The molecule has 0 spiro atoms. The van der Waals surface area contributed by atoms with Gasteiger partial charge in [-0.2, -0.15) is 0 Å². The van der Waals surface area contributed by atoms with Gasteiger partial charge in [0, 0.05) is 12.8 Å². The van der Waals surface area contributed by atoms with Crippen molar-refractivity contribution in [3.8, 4) is 12.3 Å². The fraction of sp³-hybridized carbons (Fsp3) is 0.667. The Hall–Kier alpha value is -0.480. The van der Waals surface area contributed by atoms with Gasteiger partial charge in [-0.25, -0.2) is 0 Å². The van der Waals surface area contributed by atoms with Crippen LogP contribution in [0.15, 0.2) is 0 Å². The van der Waals surface area contributed by atoms with Gasteiger partial charge < -0.3 is 0 Å². The average molecular weight is 173 g/mol. The van der Waals surface area contributed by atoms with Crippen molar-refractivity contribution in [2.24, 2.45) is 0 Å². The van der Waals surface area contributed by atoms with Gasteiger partial charge >= 0.3 is 0 Å². The van der Waals surface area contributed by atoms with Crippen molar-refractivity contribution in [3.05, 3.63) is 0 Å². The van der Waals surface area contributed by atoms with Crippen molar-refractivity contribution >= 4 is 16.8 Å². The first-order valence-electron chi connectivity index (χ1n) is 3.89. The molecule has 0 saturated heterocycles. The monoisotopic (exact) mass is 172 g/mol. The standard InChI is InChI=1S/C9H13ClO/c1-2-3-4-5-6-7-8-9(10)11/h1H,3-8H2. The topological polar surface area (TPSA) is 17.1 Å². The van der Waals surface area contributed by atoms with Gasteiger partial charge in [0.2, 0.25) is 5.24 Å². The summed E-state index contributed by atoms with van der Waals surface area (Å²) in [4.78, 5) is 10.3. The SMILES string of the molecule is C#CCCCCCCC(=O)Cl. The van der Waals surface area contributed by atoms with Crippen molar-refractivity contribution in [2.45, 2.75) is 38.5 Å². The molecular formula is C9H13ClO. The molecule has 0 rings (SSSR count). The molecule has 0 heterocycles. The van der Waals surface area contributed by atoms with E-state index < -0.39 is 0 Å². The number of rotatable bonds is 6. The van der Waals surface area contributed by atoms with E-state index in [0.29, 0.717) is 6.42 Å². The molecule has 1 nitrogen and oxygen atoms in total. The van der Waals surface area contributed by atoms with Crippen LogP contribution >= 0.6 is 11.6 Å². The van der Waals surface area contributed by atoms with E-state index in [1.165, 1.54) is 0 Å². The normalized spacial score (nSPS) is 9.09. The lowest BCUT2D eigenvalue weighted by Gasteiger charge is -1.94. The third kappa shape index (κ3) is 9.52. The Balaban J connectivity index is 2.92. The summed E-state index contributed by atoms with van der Waals surface area (Å²) in [6, 6.07) is 0. The zero-order valence-corrected chi connectivity index (χ0v) is 7.36. The number of carbonyl (C=O) groups is 1. The summed E-state index contributed by atoms with van der Waals surface area (Å²) < 4.78 is 0. The highest BCUT2D eigenvalue weighted by atomic mass is 35.5. The quantitative estimate of drug-likeness (QED) is 0.342. The van der Waals surface area contributed by atoms with E-state index >= 15 is 0 Å². The highest BCUT2D eigenvalue weighted by molar-refractivity contribution is 6.63. The summed E-state index contributed by atoms with van der Waals surface area (Å²) >= 11 is 5.15. The van der Waals surface area contributed by atoms with Crippen LogP contribution in [0.5, 0.6) is 0 Å². The molecule has 0 bridgehead atoms. The summed E-state index contributed by atoms with van der Waals surface area (Å²) in [5.74, 6) is 2.57. The van der Waals surface area contributed by atoms with Crippen LogP contribution in [-0.4, -0.2) is 5.24 Å². The van der Waals surface area contributed by atoms with Gasteiger partial charge in [0.1, 0.15) is 0 Å². The minimum atomic E-state index is -0.234. The second kappa shape index (κ2) is 7.63. The van der Waals surface area contributed by atoms with E-state index in [0.717, 1.165) is 32.1 Å². The molecule has 0 atom stereocenters. The van der Waals surface area contributed by atoms with E-state index in [1.807, 2.05) is 0 Å². The highest BCUT2D eigenvalue weighted by Crippen LogP contribution is 2.05. The molecule has 0 aliphatic heterocycles. The number of terminal acetylenes is 1. The Bertz CT molecular complexity index is 146. The predicted molar refractivity (Wildman–Crippen MR) is 47.4 cm³/mol. The van der Waals surface area contributed by atoms with Gasteiger partial charge in [-0.05, 0) is 24.4 Å². The molecule has 0 unspecified atom stereocenters. The van der Waals surface area contributed by atoms with Crippen LogP contribution in [0.3, 0.4) is 0 Å². The van der Waals surface area contributed by atoms with Crippen LogP contribution in [0.2, 0.25) is 0 Å².